The molecule has 122 valence electrons. The van der Waals surface area contributed by atoms with Gasteiger partial charge in [0.1, 0.15) is 5.75 Å². The molecule has 22 heavy (non-hydrogen) atoms. The van der Waals surface area contributed by atoms with E-state index in [0.29, 0.717) is 18.5 Å². The summed E-state index contributed by atoms with van der Waals surface area (Å²) in [5, 5.41) is 6.49. The van der Waals surface area contributed by atoms with Crippen LogP contribution in [0.15, 0.2) is 24.3 Å². The lowest BCUT2D eigenvalue weighted by Crippen LogP contribution is -2.48. The number of amides is 1. The van der Waals surface area contributed by atoms with Gasteiger partial charge in [0.05, 0.1) is 13.2 Å². The fraction of sp³-hybridized carbons (Fsp3) is 0.611. The molecule has 2 rings (SSSR count). The van der Waals surface area contributed by atoms with Gasteiger partial charge in [0.2, 0.25) is 5.91 Å². The molecule has 1 saturated carbocycles. The van der Waals surface area contributed by atoms with Gasteiger partial charge >= 0.3 is 0 Å². The second-order valence-corrected chi connectivity index (χ2v) is 6.33. The van der Waals surface area contributed by atoms with E-state index in [0.717, 1.165) is 17.7 Å². The number of ether oxygens (including phenoxy) is 1. The molecule has 1 amide bonds. The third-order valence-corrected chi connectivity index (χ3v) is 4.60. The van der Waals surface area contributed by atoms with Gasteiger partial charge in [0, 0.05) is 12.6 Å². The Hall–Kier alpha value is -1.55. The van der Waals surface area contributed by atoms with Crippen LogP contribution in [0.5, 0.6) is 5.75 Å². The number of benzene rings is 1. The van der Waals surface area contributed by atoms with E-state index in [1.54, 1.807) is 7.11 Å². The molecule has 4 nitrogen and oxygen atoms in total. The maximum atomic E-state index is 12.3. The van der Waals surface area contributed by atoms with Crippen molar-refractivity contribution >= 4 is 5.91 Å². The standard InChI is InChI=1S/C18H28N2O2/c1-13-6-4-5-7-17(13)20-18(21)14(2)19-12-15-8-10-16(22-3)11-9-15/h8-11,13-14,17,19H,4-7,12H2,1-3H3,(H,20,21)/t13-,14-,17-/m1/s1. The zero-order valence-electron chi connectivity index (χ0n) is 13.9. The normalized spacial score (nSPS) is 22.9. The van der Waals surface area contributed by atoms with E-state index >= 15 is 0 Å². The Morgan fingerprint density at radius 2 is 1.95 bits per heavy atom. The van der Waals surface area contributed by atoms with E-state index in [2.05, 4.69) is 17.6 Å². The first-order valence-corrected chi connectivity index (χ1v) is 8.27. The second-order valence-electron chi connectivity index (χ2n) is 6.33. The van der Waals surface area contributed by atoms with Crippen molar-refractivity contribution in [2.24, 2.45) is 5.92 Å². The van der Waals surface area contributed by atoms with Gasteiger partial charge in [0.25, 0.3) is 0 Å². The first-order chi connectivity index (χ1) is 10.6. The van der Waals surface area contributed by atoms with E-state index in [1.165, 1.54) is 19.3 Å². The van der Waals surface area contributed by atoms with Crippen molar-refractivity contribution < 1.29 is 9.53 Å². The number of carbonyl (C=O) groups excluding carboxylic acids is 1. The molecular weight excluding hydrogens is 276 g/mol. The van der Waals surface area contributed by atoms with Crippen molar-refractivity contribution in [3.05, 3.63) is 29.8 Å². The maximum absolute atomic E-state index is 12.3. The van der Waals surface area contributed by atoms with Crippen LogP contribution in [0.1, 0.15) is 45.1 Å². The van der Waals surface area contributed by atoms with E-state index in [9.17, 15) is 4.79 Å². The highest BCUT2D eigenvalue weighted by Gasteiger charge is 2.24. The number of nitrogens with one attached hydrogen (secondary N) is 2. The molecule has 4 heteroatoms. The van der Waals surface area contributed by atoms with E-state index in [4.69, 9.17) is 4.74 Å². The molecule has 0 heterocycles. The average molecular weight is 304 g/mol. The van der Waals surface area contributed by atoms with Crippen LogP contribution in [-0.4, -0.2) is 25.1 Å². The lowest BCUT2D eigenvalue weighted by atomic mass is 9.86. The van der Waals surface area contributed by atoms with Crippen LogP contribution in [0.3, 0.4) is 0 Å². The van der Waals surface area contributed by atoms with E-state index in [1.807, 2.05) is 31.2 Å². The highest BCUT2D eigenvalue weighted by atomic mass is 16.5. The van der Waals surface area contributed by atoms with Crippen LogP contribution in [0.25, 0.3) is 0 Å². The predicted octanol–water partition coefficient (Wildman–Crippen LogP) is 2.87. The lowest BCUT2D eigenvalue weighted by molar-refractivity contribution is -0.124. The molecule has 2 N–H and O–H groups in total. The highest BCUT2D eigenvalue weighted by molar-refractivity contribution is 5.81. The zero-order chi connectivity index (χ0) is 15.9. The number of rotatable bonds is 6. The summed E-state index contributed by atoms with van der Waals surface area (Å²) >= 11 is 0. The van der Waals surface area contributed by atoms with Gasteiger partial charge in [-0.25, -0.2) is 0 Å². The van der Waals surface area contributed by atoms with Crippen LogP contribution in [0, 0.1) is 5.92 Å². The minimum Gasteiger partial charge on any atom is -0.497 e. The maximum Gasteiger partial charge on any atom is 0.237 e. The van der Waals surface area contributed by atoms with Crippen molar-refractivity contribution in [2.75, 3.05) is 7.11 Å². The molecule has 1 aromatic rings. The van der Waals surface area contributed by atoms with E-state index < -0.39 is 0 Å². The van der Waals surface area contributed by atoms with Gasteiger partial charge in [-0.2, -0.15) is 0 Å². The molecule has 0 radical (unpaired) electrons. The summed E-state index contributed by atoms with van der Waals surface area (Å²) in [6.07, 6.45) is 4.85. The summed E-state index contributed by atoms with van der Waals surface area (Å²) in [4.78, 5) is 12.3. The monoisotopic (exact) mass is 304 g/mol. The first-order valence-electron chi connectivity index (χ1n) is 8.27. The van der Waals surface area contributed by atoms with Crippen molar-refractivity contribution in [3.8, 4) is 5.75 Å². The van der Waals surface area contributed by atoms with Gasteiger partial charge in [-0.3, -0.25) is 4.79 Å². The van der Waals surface area contributed by atoms with Gasteiger partial charge in [-0.15, -0.1) is 0 Å². The molecule has 0 aliphatic heterocycles. The van der Waals surface area contributed by atoms with Gasteiger partial charge in [0.15, 0.2) is 0 Å². The molecule has 0 spiro atoms. The van der Waals surface area contributed by atoms with Crippen LogP contribution in [-0.2, 0) is 11.3 Å². The Kier molecular flexibility index (Phi) is 6.25. The molecular formula is C18H28N2O2. The Labute approximate surface area is 133 Å². The number of methoxy groups -OCH3 is 1. The molecule has 3 atom stereocenters. The van der Waals surface area contributed by atoms with Crippen LogP contribution >= 0.6 is 0 Å². The Morgan fingerprint density at radius 3 is 2.59 bits per heavy atom. The molecule has 0 saturated heterocycles. The van der Waals surface area contributed by atoms with Crippen molar-refractivity contribution in [1.29, 1.82) is 0 Å². The quantitative estimate of drug-likeness (QED) is 0.849. The Morgan fingerprint density at radius 1 is 1.27 bits per heavy atom. The fourth-order valence-corrected chi connectivity index (χ4v) is 2.95. The minimum atomic E-state index is -0.184. The van der Waals surface area contributed by atoms with Crippen molar-refractivity contribution in [3.63, 3.8) is 0 Å². The Balaban J connectivity index is 1.77. The third-order valence-electron chi connectivity index (χ3n) is 4.60. The molecule has 1 aliphatic carbocycles. The summed E-state index contributed by atoms with van der Waals surface area (Å²) in [7, 11) is 1.66. The van der Waals surface area contributed by atoms with Crippen LogP contribution < -0.4 is 15.4 Å². The Bertz CT molecular complexity index is 472. The zero-order valence-corrected chi connectivity index (χ0v) is 13.9. The number of hydrogen-bond donors (Lipinski definition) is 2. The van der Waals surface area contributed by atoms with Crippen molar-refractivity contribution in [2.45, 2.75) is 58.2 Å². The SMILES string of the molecule is COc1ccc(CN[C@H](C)C(=O)N[C@@H]2CCCC[C@H]2C)cc1. The molecule has 1 aromatic carbocycles. The predicted molar refractivity (Wildman–Crippen MR) is 88.9 cm³/mol. The van der Waals surface area contributed by atoms with E-state index in [-0.39, 0.29) is 11.9 Å². The lowest BCUT2D eigenvalue weighted by Gasteiger charge is -2.30. The third kappa shape index (κ3) is 4.73. The summed E-state index contributed by atoms with van der Waals surface area (Å²) in [6, 6.07) is 8.05. The molecule has 1 fully saturated rings. The molecule has 0 aromatic heterocycles. The molecule has 0 unspecified atom stereocenters. The molecule has 0 bridgehead atoms. The smallest absolute Gasteiger partial charge is 0.237 e. The topological polar surface area (TPSA) is 50.4 Å². The van der Waals surface area contributed by atoms with Crippen LogP contribution in [0.4, 0.5) is 0 Å². The average Bonchev–Trinajstić information content (AvgIpc) is 2.55. The van der Waals surface area contributed by atoms with Crippen LogP contribution in [0.2, 0.25) is 0 Å². The largest absolute Gasteiger partial charge is 0.497 e. The first kappa shape index (κ1) is 16.8. The number of hydrogen-bond acceptors (Lipinski definition) is 3. The van der Waals surface area contributed by atoms with Gasteiger partial charge < -0.3 is 15.4 Å². The van der Waals surface area contributed by atoms with Gasteiger partial charge in [-0.1, -0.05) is 31.9 Å². The number of carbonyl (C=O) groups is 1. The summed E-state index contributed by atoms with van der Waals surface area (Å²) < 4.78 is 5.14. The summed E-state index contributed by atoms with van der Waals surface area (Å²) in [5.41, 5.74) is 1.14. The minimum absolute atomic E-state index is 0.104. The summed E-state index contributed by atoms with van der Waals surface area (Å²) in [5.74, 6) is 1.54. The second kappa shape index (κ2) is 8.18. The highest BCUT2D eigenvalue weighted by Crippen LogP contribution is 2.23. The fourth-order valence-electron chi connectivity index (χ4n) is 2.95. The summed E-state index contributed by atoms with van der Waals surface area (Å²) in [6.45, 7) is 4.84. The van der Waals surface area contributed by atoms with Crippen molar-refractivity contribution in [1.82, 2.24) is 10.6 Å². The molecule has 1 aliphatic rings. The van der Waals surface area contributed by atoms with Gasteiger partial charge in [-0.05, 0) is 43.4 Å².